The summed E-state index contributed by atoms with van der Waals surface area (Å²) in [6, 6.07) is 4.74. The van der Waals surface area contributed by atoms with E-state index in [1.807, 2.05) is 0 Å². The minimum Gasteiger partial charge on any atom is -0.391 e. The van der Waals surface area contributed by atoms with E-state index in [9.17, 15) is 14.7 Å². The summed E-state index contributed by atoms with van der Waals surface area (Å²) in [5.41, 5.74) is -0.192. The summed E-state index contributed by atoms with van der Waals surface area (Å²) in [5.74, 6) is 0.554. The largest absolute Gasteiger partial charge is 0.391 e. The zero-order valence-electron chi connectivity index (χ0n) is 16.3. The highest BCUT2D eigenvalue weighted by Crippen LogP contribution is 2.29. The topological polar surface area (TPSA) is 113 Å². The first-order valence-electron chi connectivity index (χ1n) is 10.2. The van der Waals surface area contributed by atoms with Crippen LogP contribution < -0.4 is 15.8 Å². The van der Waals surface area contributed by atoms with E-state index in [1.54, 1.807) is 24.5 Å². The molecule has 0 radical (unpaired) electrons. The van der Waals surface area contributed by atoms with Gasteiger partial charge in [0.1, 0.15) is 5.82 Å². The normalized spacial score (nSPS) is 24.4. The van der Waals surface area contributed by atoms with E-state index in [0.29, 0.717) is 18.8 Å². The second kappa shape index (κ2) is 8.69. The number of aromatic nitrogens is 4. The predicted molar refractivity (Wildman–Crippen MR) is 107 cm³/mol. The zero-order chi connectivity index (χ0) is 20.2. The fourth-order valence-corrected chi connectivity index (χ4v) is 4.23. The Hall–Kier alpha value is -2.81. The van der Waals surface area contributed by atoms with Gasteiger partial charge in [-0.2, -0.15) is 5.10 Å². The van der Waals surface area contributed by atoms with Gasteiger partial charge in [-0.1, -0.05) is 0 Å². The number of piperidine rings is 1. The van der Waals surface area contributed by atoms with E-state index in [0.717, 1.165) is 38.6 Å². The molecule has 1 saturated carbocycles. The third kappa shape index (κ3) is 4.29. The molecule has 1 amide bonds. The molecule has 9 heteroatoms. The van der Waals surface area contributed by atoms with Crippen molar-refractivity contribution in [1.82, 2.24) is 25.1 Å². The first kappa shape index (κ1) is 19.5. The van der Waals surface area contributed by atoms with Gasteiger partial charge >= 0.3 is 0 Å². The fraction of sp³-hybridized carbons (Fsp3) is 0.550. The Balaban J connectivity index is 1.50. The molecule has 3 unspecified atom stereocenters. The lowest BCUT2D eigenvalue weighted by Crippen LogP contribution is -2.48. The average molecular weight is 398 g/mol. The number of rotatable bonds is 5. The van der Waals surface area contributed by atoms with Gasteiger partial charge in [-0.3, -0.25) is 9.59 Å². The number of carbonyl (C=O) groups excluding carboxylic acids is 1. The maximum absolute atomic E-state index is 12.3. The minimum absolute atomic E-state index is 0.0726. The van der Waals surface area contributed by atoms with Crippen molar-refractivity contribution in [3.05, 3.63) is 46.8 Å². The van der Waals surface area contributed by atoms with E-state index < -0.39 is 6.10 Å². The SMILES string of the molecule is O=C(NCC1CCCCN1c1ccc(=O)n(C2CCCC2O)n1)c1ncccn1. The zero-order valence-corrected chi connectivity index (χ0v) is 16.3. The molecule has 2 N–H and O–H groups in total. The van der Waals surface area contributed by atoms with Crippen molar-refractivity contribution in [1.29, 1.82) is 0 Å². The lowest BCUT2D eigenvalue weighted by atomic mass is 10.0. The lowest BCUT2D eigenvalue weighted by molar-refractivity contribution is 0.0939. The second-order valence-corrected chi connectivity index (χ2v) is 7.67. The molecule has 0 spiro atoms. The molecule has 0 aromatic carbocycles. The first-order valence-corrected chi connectivity index (χ1v) is 10.2. The summed E-state index contributed by atoms with van der Waals surface area (Å²) in [7, 11) is 0. The highest BCUT2D eigenvalue weighted by molar-refractivity contribution is 5.90. The third-order valence-electron chi connectivity index (χ3n) is 5.76. The Labute approximate surface area is 168 Å². The van der Waals surface area contributed by atoms with Gasteiger partial charge in [-0.25, -0.2) is 14.6 Å². The van der Waals surface area contributed by atoms with Gasteiger partial charge in [0.25, 0.3) is 11.5 Å². The summed E-state index contributed by atoms with van der Waals surface area (Å²) >= 11 is 0. The van der Waals surface area contributed by atoms with Gasteiger partial charge in [0.15, 0.2) is 0 Å². The van der Waals surface area contributed by atoms with Crippen LogP contribution in [0.15, 0.2) is 35.4 Å². The Morgan fingerprint density at radius 3 is 2.72 bits per heavy atom. The summed E-state index contributed by atoms with van der Waals surface area (Å²) < 4.78 is 1.44. The van der Waals surface area contributed by atoms with Crippen molar-refractivity contribution in [2.75, 3.05) is 18.0 Å². The van der Waals surface area contributed by atoms with E-state index >= 15 is 0 Å². The summed E-state index contributed by atoms with van der Waals surface area (Å²) in [4.78, 5) is 34.7. The predicted octanol–water partition coefficient (Wildman–Crippen LogP) is 0.908. The van der Waals surface area contributed by atoms with E-state index in [-0.39, 0.29) is 29.4 Å². The maximum Gasteiger partial charge on any atom is 0.289 e. The number of aliphatic hydroxyl groups is 1. The molecule has 3 heterocycles. The minimum atomic E-state index is -0.530. The molecule has 29 heavy (non-hydrogen) atoms. The Kier molecular flexibility index (Phi) is 5.84. The molecule has 2 aliphatic rings. The number of nitrogens with zero attached hydrogens (tertiary/aromatic N) is 5. The van der Waals surface area contributed by atoms with Gasteiger partial charge in [-0.15, -0.1) is 0 Å². The molecular weight excluding hydrogens is 372 g/mol. The van der Waals surface area contributed by atoms with Crippen molar-refractivity contribution in [2.24, 2.45) is 0 Å². The fourth-order valence-electron chi connectivity index (χ4n) is 4.23. The molecule has 1 aliphatic carbocycles. The van der Waals surface area contributed by atoms with Gasteiger partial charge < -0.3 is 15.3 Å². The van der Waals surface area contributed by atoms with Crippen LogP contribution in [0, 0.1) is 0 Å². The van der Waals surface area contributed by atoms with Crippen molar-refractivity contribution in [3.8, 4) is 0 Å². The Morgan fingerprint density at radius 1 is 1.14 bits per heavy atom. The molecule has 9 nitrogen and oxygen atoms in total. The molecule has 154 valence electrons. The van der Waals surface area contributed by atoms with Crippen LogP contribution in [0.25, 0.3) is 0 Å². The number of amides is 1. The number of anilines is 1. The molecule has 0 bridgehead atoms. The summed E-state index contributed by atoms with van der Waals surface area (Å²) in [6.45, 7) is 1.25. The Morgan fingerprint density at radius 2 is 1.97 bits per heavy atom. The van der Waals surface area contributed by atoms with Crippen LogP contribution in [0.3, 0.4) is 0 Å². The third-order valence-corrected chi connectivity index (χ3v) is 5.76. The van der Waals surface area contributed by atoms with Crippen LogP contribution in [-0.2, 0) is 0 Å². The lowest BCUT2D eigenvalue weighted by Gasteiger charge is -2.37. The van der Waals surface area contributed by atoms with Crippen LogP contribution in [0.5, 0.6) is 0 Å². The number of hydrogen-bond acceptors (Lipinski definition) is 7. The van der Waals surface area contributed by atoms with Crippen LogP contribution in [0.4, 0.5) is 5.82 Å². The van der Waals surface area contributed by atoms with Crippen molar-refractivity contribution in [2.45, 2.75) is 56.7 Å². The smallest absolute Gasteiger partial charge is 0.289 e. The van der Waals surface area contributed by atoms with Crippen molar-refractivity contribution < 1.29 is 9.90 Å². The Bertz CT molecular complexity index is 903. The molecule has 3 atom stereocenters. The van der Waals surface area contributed by atoms with Crippen molar-refractivity contribution >= 4 is 11.7 Å². The highest BCUT2D eigenvalue weighted by Gasteiger charge is 2.30. The summed E-state index contributed by atoms with van der Waals surface area (Å²) in [5, 5.41) is 17.7. The van der Waals surface area contributed by atoms with Crippen LogP contribution >= 0.6 is 0 Å². The van der Waals surface area contributed by atoms with Gasteiger partial charge in [0.2, 0.25) is 5.82 Å². The average Bonchev–Trinajstić information content (AvgIpc) is 3.19. The summed E-state index contributed by atoms with van der Waals surface area (Å²) in [6.07, 6.45) is 7.92. The van der Waals surface area contributed by atoms with Crippen molar-refractivity contribution in [3.63, 3.8) is 0 Å². The second-order valence-electron chi connectivity index (χ2n) is 7.67. The molecular formula is C20H26N6O3. The van der Waals surface area contributed by atoms with Gasteiger partial charge in [-0.05, 0) is 50.7 Å². The molecule has 2 aromatic heterocycles. The van der Waals surface area contributed by atoms with Crippen LogP contribution in [0.1, 0.15) is 55.2 Å². The number of nitrogens with one attached hydrogen (secondary N) is 1. The molecule has 2 aromatic rings. The quantitative estimate of drug-likeness (QED) is 0.769. The number of aliphatic hydroxyl groups excluding tert-OH is 1. The number of hydrogen-bond donors (Lipinski definition) is 2. The number of carbonyl (C=O) groups is 1. The highest BCUT2D eigenvalue weighted by atomic mass is 16.3. The van der Waals surface area contributed by atoms with Gasteiger partial charge in [0, 0.05) is 37.6 Å². The monoisotopic (exact) mass is 398 g/mol. The standard InChI is InChI=1S/C20H26N6O3/c27-16-7-3-6-15(16)26-18(28)9-8-17(24-26)25-12-2-1-5-14(25)13-23-20(29)19-21-10-4-11-22-19/h4,8-11,14-16,27H,1-3,5-7,12-13H2,(H,23,29). The van der Waals surface area contributed by atoms with E-state index in [4.69, 9.17) is 0 Å². The maximum atomic E-state index is 12.3. The molecule has 4 rings (SSSR count). The van der Waals surface area contributed by atoms with E-state index in [2.05, 4.69) is 25.3 Å². The molecule has 1 aliphatic heterocycles. The molecule has 1 saturated heterocycles. The van der Waals surface area contributed by atoms with E-state index in [1.165, 1.54) is 10.7 Å². The first-order chi connectivity index (χ1) is 14.1. The van der Waals surface area contributed by atoms with Crippen LogP contribution in [0.2, 0.25) is 0 Å². The molecule has 2 fully saturated rings. The van der Waals surface area contributed by atoms with Gasteiger partial charge in [0.05, 0.1) is 12.1 Å². The van der Waals surface area contributed by atoms with Crippen LogP contribution in [-0.4, -0.2) is 56.0 Å².